The fourth-order valence-corrected chi connectivity index (χ4v) is 6.82. The van der Waals surface area contributed by atoms with Gasteiger partial charge in [-0.1, -0.05) is 105 Å². The summed E-state index contributed by atoms with van der Waals surface area (Å²) in [5.41, 5.74) is 1.53. The van der Waals surface area contributed by atoms with Crippen molar-refractivity contribution in [2.75, 3.05) is 18.1 Å². The molecule has 0 aliphatic heterocycles. The summed E-state index contributed by atoms with van der Waals surface area (Å²) in [6.45, 7) is 3.68. The van der Waals surface area contributed by atoms with E-state index in [1.54, 1.807) is 0 Å². The van der Waals surface area contributed by atoms with Gasteiger partial charge in [0.15, 0.2) is 0 Å². The molecule has 0 fully saturated rings. The number of ether oxygens (including phenoxy) is 1. The lowest BCUT2D eigenvalue weighted by Crippen LogP contribution is -2.50. The number of rotatable bonds is 14. The minimum Gasteiger partial charge on any atom is -0.388 e. The molecule has 3 rings (SSSR count). The first-order valence-corrected chi connectivity index (χ1v) is 14.3. The van der Waals surface area contributed by atoms with Crippen LogP contribution >= 0.6 is 23.5 Å². The maximum atomic E-state index is 10.9. The van der Waals surface area contributed by atoms with Gasteiger partial charge < -0.3 is 25.2 Å². The van der Waals surface area contributed by atoms with E-state index in [1.165, 1.54) is 23.5 Å². The summed E-state index contributed by atoms with van der Waals surface area (Å²) in [4.78, 5) is 0. The van der Waals surface area contributed by atoms with Crippen molar-refractivity contribution in [2.45, 2.75) is 48.4 Å². The topological polar surface area (TPSA) is 90.2 Å². The molecule has 5 nitrogen and oxygen atoms in total. The van der Waals surface area contributed by atoms with Gasteiger partial charge in [0.05, 0.1) is 11.2 Å². The highest BCUT2D eigenvalue weighted by Crippen LogP contribution is 2.40. The standard InChI is InChI=1S/C29H36O5S2/c1-3-35-28(36-4-2)27(33)26(32)25(31)24(30)20-34-29(21-14-8-5-9-15-21,22-16-10-6-11-17-22)23-18-12-7-13-19-23/h5-19,24-28,30-33H,3-4,20H2,1-2H3/t24-,25-,26+,27-/m1/s1. The molecule has 0 saturated carbocycles. The van der Waals surface area contributed by atoms with Crippen molar-refractivity contribution >= 4 is 23.5 Å². The van der Waals surface area contributed by atoms with Crippen LogP contribution in [0.25, 0.3) is 0 Å². The smallest absolute Gasteiger partial charge is 0.143 e. The van der Waals surface area contributed by atoms with E-state index in [4.69, 9.17) is 4.74 Å². The number of aliphatic hydroxyl groups excluding tert-OH is 4. The first-order chi connectivity index (χ1) is 17.5. The normalized spacial score (nSPS) is 15.4. The third kappa shape index (κ3) is 6.72. The van der Waals surface area contributed by atoms with Gasteiger partial charge in [0.25, 0.3) is 0 Å². The van der Waals surface area contributed by atoms with Crippen LogP contribution in [0.5, 0.6) is 0 Å². The Kier molecular flexibility index (Phi) is 11.3. The minimum atomic E-state index is -1.59. The monoisotopic (exact) mass is 528 g/mol. The number of aliphatic hydroxyl groups is 4. The maximum Gasteiger partial charge on any atom is 0.143 e. The predicted molar refractivity (Wildman–Crippen MR) is 149 cm³/mol. The quantitative estimate of drug-likeness (QED) is 0.184. The van der Waals surface area contributed by atoms with Crippen molar-refractivity contribution in [3.05, 3.63) is 108 Å². The van der Waals surface area contributed by atoms with Crippen LogP contribution in [-0.4, -0.2) is 67.5 Å². The molecule has 0 saturated heterocycles. The van der Waals surface area contributed by atoms with E-state index < -0.39 is 30.0 Å². The van der Waals surface area contributed by atoms with E-state index in [-0.39, 0.29) is 11.2 Å². The molecule has 0 radical (unpaired) electrons. The van der Waals surface area contributed by atoms with Gasteiger partial charge >= 0.3 is 0 Å². The first-order valence-electron chi connectivity index (χ1n) is 12.2. The minimum absolute atomic E-state index is 0.268. The molecule has 0 amide bonds. The Morgan fingerprint density at radius 1 is 0.611 bits per heavy atom. The molecule has 0 aliphatic carbocycles. The Bertz CT molecular complexity index is 903. The molecule has 3 aromatic carbocycles. The summed E-state index contributed by atoms with van der Waals surface area (Å²) in [7, 11) is 0. The van der Waals surface area contributed by atoms with Gasteiger partial charge in [-0.25, -0.2) is 0 Å². The third-order valence-electron chi connectivity index (χ3n) is 6.05. The molecule has 0 heterocycles. The van der Waals surface area contributed by atoms with Gasteiger partial charge in [0, 0.05) is 0 Å². The fourth-order valence-electron chi connectivity index (χ4n) is 4.24. The average Bonchev–Trinajstić information content (AvgIpc) is 2.93. The van der Waals surface area contributed by atoms with Gasteiger partial charge in [0.1, 0.15) is 30.0 Å². The van der Waals surface area contributed by atoms with E-state index in [9.17, 15) is 20.4 Å². The molecular weight excluding hydrogens is 492 g/mol. The van der Waals surface area contributed by atoms with E-state index in [0.717, 1.165) is 28.2 Å². The molecule has 194 valence electrons. The molecule has 4 atom stereocenters. The molecule has 7 heteroatoms. The van der Waals surface area contributed by atoms with Crippen LogP contribution in [0.4, 0.5) is 0 Å². The summed E-state index contributed by atoms with van der Waals surface area (Å²) >= 11 is 3.01. The molecule has 3 aromatic rings. The van der Waals surface area contributed by atoms with Crippen LogP contribution in [0, 0.1) is 0 Å². The second-order valence-corrected chi connectivity index (χ2v) is 11.5. The highest BCUT2D eigenvalue weighted by atomic mass is 32.2. The lowest BCUT2D eigenvalue weighted by Gasteiger charge is -2.37. The number of hydrogen-bond donors (Lipinski definition) is 4. The maximum absolute atomic E-state index is 10.9. The number of hydrogen-bond acceptors (Lipinski definition) is 7. The lowest BCUT2D eigenvalue weighted by molar-refractivity contribution is -0.131. The van der Waals surface area contributed by atoms with Crippen LogP contribution in [0.2, 0.25) is 0 Å². The Balaban J connectivity index is 1.91. The van der Waals surface area contributed by atoms with Crippen LogP contribution < -0.4 is 0 Å². The average molecular weight is 529 g/mol. The highest BCUT2D eigenvalue weighted by molar-refractivity contribution is 8.17. The van der Waals surface area contributed by atoms with Crippen LogP contribution in [0.15, 0.2) is 91.0 Å². The summed E-state index contributed by atoms with van der Waals surface area (Å²) < 4.78 is 6.23. The Hall–Kier alpha value is -1.84. The van der Waals surface area contributed by atoms with Gasteiger partial charge in [0.2, 0.25) is 0 Å². The number of thioether (sulfide) groups is 2. The van der Waals surface area contributed by atoms with Crippen LogP contribution in [-0.2, 0) is 10.3 Å². The number of benzene rings is 3. The molecule has 0 aromatic heterocycles. The van der Waals surface area contributed by atoms with Crippen molar-refractivity contribution in [3.8, 4) is 0 Å². The largest absolute Gasteiger partial charge is 0.388 e. The SMILES string of the molecule is CCSC(SCC)[C@H](O)[C@@H](O)[C@H](O)[C@H](O)COC(c1ccccc1)(c1ccccc1)c1ccccc1. The zero-order chi connectivity index (χ0) is 26.0. The van der Waals surface area contributed by atoms with E-state index >= 15 is 0 Å². The molecule has 36 heavy (non-hydrogen) atoms. The molecule has 0 unspecified atom stereocenters. The van der Waals surface area contributed by atoms with E-state index in [1.807, 2.05) is 105 Å². The Labute approximate surface area is 222 Å². The molecular formula is C29H36O5S2. The zero-order valence-corrected chi connectivity index (χ0v) is 22.3. The van der Waals surface area contributed by atoms with Gasteiger partial charge in [-0.2, -0.15) is 0 Å². The Morgan fingerprint density at radius 3 is 1.36 bits per heavy atom. The summed E-state index contributed by atoms with van der Waals surface area (Å²) in [5, 5.41) is 43.2. The summed E-state index contributed by atoms with van der Waals surface area (Å²) in [5.74, 6) is 1.52. The van der Waals surface area contributed by atoms with Gasteiger partial charge in [-0.15, -0.1) is 23.5 Å². The molecule has 4 N–H and O–H groups in total. The van der Waals surface area contributed by atoms with Crippen molar-refractivity contribution in [1.82, 2.24) is 0 Å². The van der Waals surface area contributed by atoms with Crippen molar-refractivity contribution in [2.24, 2.45) is 0 Å². The Morgan fingerprint density at radius 2 is 1.00 bits per heavy atom. The molecule has 0 bridgehead atoms. The second kappa shape index (κ2) is 14.2. The third-order valence-corrected chi connectivity index (χ3v) is 8.74. The zero-order valence-electron chi connectivity index (χ0n) is 20.7. The van der Waals surface area contributed by atoms with Crippen molar-refractivity contribution in [1.29, 1.82) is 0 Å². The fraction of sp³-hybridized carbons (Fsp3) is 0.379. The van der Waals surface area contributed by atoms with Crippen molar-refractivity contribution < 1.29 is 25.2 Å². The highest BCUT2D eigenvalue weighted by Gasteiger charge is 2.40. The van der Waals surface area contributed by atoms with Gasteiger partial charge in [-0.05, 0) is 28.2 Å². The van der Waals surface area contributed by atoms with Crippen LogP contribution in [0.1, 0.15) is 30.5 Å². The summed E-state index contributed by atoms with van der Waals surface area (Å²) in [6.07, 6.45) is -5.74. The molecule has 0 spiro atoms. The lowest BCUT2D eigenvalue weighted by atomic mass is 9.80. The summed E-state index contributed by atoms with van der Waals surface area (Å²) in [6, 6.07) is 29.2. The van der Waals surface area contributed by atoms with Gasteiger partial charge in [-0.3, -0.25) is 0 Å². The van der Waals surface area contributed by atoms with E-state index in [0.29, 0.717) is 0 Å². The van der Waals surface area contributed by atoms with Crippen LogP contribution in [0.3, 0.4) is 0 Å². The van der Waals surface area contributed by atoms with E-state index in [2.05, 4.69) is 0 Å². The molecule has 0 aliphatic rings. The first kappa shape index (κ1) is 28.7. The van der Waals surface area contributed by atoms with Crippen molar-refractivity contribution in [3.63, 3.8) is 0 Å². The predicted octanol–water partition coefficient (Wildman–Crippen LogP) is 4.27. The second-order valence-electron chi connectivity index (χ2n) is 8.41.